The summed E-state index contributed by atoms with van der Waals surface area (Å²) in [4.78, 5) is 11.4. The van der Waals surface area contributed by atoms with E-state index in [0.717, 1.165) is 23.6 Å². The van der Waals surface area contributed by atoms with Gasteiger partial charge in [0.1, 0.15) is 12.4 Å². The highest BCUT2D eigenvalue weighted by Gasteiger charge is 2.49. The summed E-state index contributed by atoms with van der Waals surface area (Å²) in [5.74, 6) is -0.282. The van der Waals surface area contributed by atoms with Gasteiger partial charge in [-0.2, -0.15) is 0 Å². The number of carbonyl (C=O) groups is 1. The summed E-state index contributed by atoms with van der Waals surface area (Å²) in [7, 11) is 0. The van der Waals surface area contributed by atoms with Crippen molar-refractivity contribution in [2.75, 3.05) is 6.61 Å². The van der Waals surface area contributed by atoms with E-state index in [2.05, 4.69) is 0 Å². The molecule has 0 bridgehead atoms. The minimum Gasteiger partial charge on any atom is -0.490 e. The summed E-state index contributed by atoms with van der Waals surface area (Å²) in [5, 5.41) is 11.4. The number of carboxylic acids is 1. The van der Waals surface area contributed by atoms with Gasteiger partial charge in [-0.1, -0.05) is 36.4 Å². The molecule has 4 nitrogen and oxygen atoms in total. The second-order valence-corrected chi connectivity index (χ2v) is 5.39. The maximum absolute atomic E-state index is 11.4. The van der Waals surface area contributed by atoms with E-state index in [1.165, 1.54) is 0 Å². The number of aliphatic carboxylic acids is 1. The molecule has 20 heavy (non-hydrogen) atoms. The number of carboxylic acid groups (broad SMARTS) is 1. The molecule has 0 spiro atoms. The fourth-order valence-corrected chi connectivity index (χ4v) is 2.47. The number of nitrogens with two attached hydrogens (primary N) is 1. The van der Waals surface area contributed by atoms with Crippen LogP contribution in [-0.4, -0.2) is 23.2 Å². The Morgan fingerprint density at radius 2 is 1.95 bits per heavy atom. The molecule has 3 rings (SSSR count). The number of fused-ring (bicyclic) bond motifs is 1. The second kappa shape index (κ2) is 4.80. The molecule has 4 heteroatoms. The molecule has 1 unspecified atom stereocenters. The van der Waals surface area contributed by atoms with Crippen molar-refractivity contribution in [2.45, 2.75) is 18.4 Å². The second-order valence-electron chi connectivity index (χ2n) is 5.39. The maximum atomic E-state index is 11.4. The largest absolute Gasteiger partial charge is 0.490 e. The zero-order valence-corrected chi connectivity index (χ0v) is 11.1. The van der Waals surface area contributed by atoms with Crippen LogP contribution in [0.5, 0.6) is 5.75 Å². The predicted octanol–water partition coefficient (Wildman–Crippen LogP) is 2.41. The summed E-state index contributed by atoms with van der Waals surface area (Å²) < 4.78 is 5.74. The Kier molecular flexibility index (Phi) is 3.10. The monoisotopic (exact) mass is 271 g/mol. The Morgan fingerprint density at radius 1 is 1.25 bits per heavy atom. The van der Waals surface area contributed by atoms with Gasteiger partial charge in [0, 0.05) is 5.39 Å². The highest BCUT2D eigenvalue weighted by molar-refractivity contribution is 5.88. The van der Waals surface area contributed by atoms with Crippen molar-refractivity contribution in [3.05, 3.63) is 42.5 Å². The summed E-state index contributed by atoms with van der Waals surface area (Å²) in [6, 6.07) is 13.6. The molecule has 0 heterocycles. The lowest BCUT2D eigenvalue weighted by Gasteiger charge is -2.24. The van der Waals surface area contributed by atoms with Gasteiger partial charge in [0.05, 0.1) is 0 Å². The molecule has 0 aromatic heterocycles. The lowest BCUT2D eigenvalue weighted by atomic mass is 9.96. The lowest BCUT2D eigenvalue weighted by molar-refractivity contribution is -0.145. The van der Waals surface area contributed by atoms with Gasteiger partial charge in [-0.3, -0.25) is 4.79 Å². The molecule has 0 aliphatic heterocycles. The minimum absolute atomic E-state index is 0.001000. The first-order valence-electron chi connectivity index (χ1n) is 6.74. The Hall–Kier alpha value is -2.07. The lowest BCUT2D eigenvalue weighted by Crippen LogP contribution is -2.54. The van der Waals surface area contributed by atoms with Gasteiger partial charge < -0.3 is 15.6 Å². The van der Waals surface area contributed by atoms with E-state index in [1.54, 1.807) is 0 Å². The third kappa shape index (κ3) is 2.23. The highest BCUT2D eigenvalue weighted by Crippen LogP contribution is 2.39. The van der Waals surface area contributed by atoms with Crippen LogP contribution >= 0.6 is 0 Å². The van der Waals surface area contributed by atoms with E-state index in [0.29, 0.717) is 5.75 Å². The van der Waals surface area contributed by atoms with Crippen molar-refractivity contribution in [3.63, 3.8) is 0 Å². The number of benzene rings is 2. The number of hydrogen-bond donors (Lipinski definition) is 2. The van der Waals surface area contributed by atoms with Crippen LogP contribution in [0.3, 0.4) is 0 Å². The molecule has 0 radical (unpaired) electrons. The molecule has 3 N–H and O–H groups in total. The zero-order valence-electron chi connectivity index (χ0n) is 11.1. The van der Waals surface area contributed by atoms with E-state index in [9.17, 15) is 9.90 Å². The minimum atomic E-state index is -1.28. The van der Waals surface area contributed by atoms with Crippen LogP contribution in [0.25, 0.3) is 10.8 Å². The van der Waals surface area contributed by atoms with Gasteiger partial charge in [0.25, 0.3) is 0 Å². The van der Waals surface area contributed by atoms with Gasteiger partial charge in [-0.25, -0.2) is 0 Å². The van der Waals surface area contributed by atoms with E-state index >= 15 is 0 Å². The van der Waals surface area contributed by atoms with Crippen molar-refractivity contribution in [1.82, 2.24) is 0 Å². The van der Waals surface area contributed by atoms with Gasteiger partial charge in [-0.15, -0.1) is 0 Å². The zero-order chi connectivity index (χ0) is 14.2. The normalized spacial score (nSPS) is 17.6. The fourth-order valence-electron chi connectivity index (χ4n) is 2.47. The fraction of sp³-hybridized carbons (Fsp3) is 0.312. The van der Waals surface area contributed by atoms with Crippen molar-refractivity contribution in [2.24, 2.45) is 11.7 Å². The average Bonchev–Trinajstić information content (AvgIpc) is 3.29. The average molecular weight is 271 g/mol. The van der Waals surface area contributed by atoms with Crippen LogP contribution in [-0.2, 0) is 4.79 Å². The first-order chi connectivity index (χ1) is 9.61. The van der Waals surface area contributed by atoms with Gasteiger partial charge in [-0.05, 0) is 30.2 Å². The molecule has 0 saturated heterocycles. The molecule has 1 aliphatic rings. The Labute approximate surface area is 117 Å². The van der Waals surface area contributed by atoms with E-state index in [-0.39, 0.29) is 12.5 Å². The molecule has 1 atom stereocenters. The molecule has 104 valence electrons. The smallest absolute Gasteiger partial charge is 0.327 e. The number of ether oxygens (including phenoxy) is 1. The van der Waals surface area contributed by atoms with Crippen LogP contribution in [0.15, 0.2) is 42.5 Å². The van der Waals surface area contributed by atoms with Crippen LogP contribution in [0.4, 0.5) is 0 Å². The molecule has 0 amide bonds. The summed E-state index contributed by atoms with van der Waals surface area (Å²) in [5.41, 5.74) is 4.73. The quantitative estimate of drug-likeness (QED) is 0.876. The first kappa shape index (κ1) is 12.9. The van der Waals surface area contributed by atoms with Crippen molar-refractivity contribution in [1.29, 1.82) is 0 Å². The van der Waals surface area contributed by atoms with Crippen LogP contribution in [0.2, 0.25) is 0 Å². The van der Waals surface area contributed by atoms with Gasteiger partial charge in [0.15, 0.2) is 5.54 Å². The Balaban J connectivity index is 1.85. The maximum Gasteiger partial charge on any atom is 0.327 e. The van der Waals surface area contributed by atoms with Gasteiger partial charge >= 0.3 is 5.97 Å². The molecule has 1 saturated carbocycles. The SMILES string of the molecule is NC(COc1cccc2ccccc12)(C(=O)O)C1CC1. The van der Waals surface area contributed by atoms with Crippen LogP contribution in [0.1, 0.15) is 12.8 Å². The van der Waals surface area contributed by atoms with Crippen molar-refractivity contribution in [3.8, 4) is 5.75 Å². The Morgan fingerprint density at radius 3 is 2.65 bits per heavy atom. The van der Waals surface area contributed by atoms with E-state index in [1.807, 2.05) is 42.5 Å². The molecule has 2 aromatic rings. The number of rotatable bonds is 5. The van der Waals surface area contributed by atoms with Crippen LogP contribution < -0.4 is 10.5 Å². The van der Waals surface area contributed by atoms with Gasteiger partial charge in [0.2, 0.25) is 0 Å². The third-order valence-electron chi connectivity index (χ3n) is 3.92. The molecular formula is C16H17NO3. The van der Waals surface area contributed by atoms with E-state index in [4.69, 9.17) is 10.5 Å². The molecule has 1 fully saturated rings. The highest BCUT2D eigenvalue weighted by atomic mass is 16.5. The summed E-state index contributed by atoms with van der Waals surface area (Å²) in [6.07, 6.45) is 1.73. The predicted molar refractivity (Wildman–Crippen MR) is 76.7 cm³/mol. The summed E-state index contributed by atoms with van der Waals surface area (Å²) in [6.45, 7) is 0.001000. The Bertz CT molecular complexity index is 646. The standard InChI is InChI=1S/C16H17NO3/c17-16(15(18)19,12-8-9-12)10-20-14-7-3-5-11-4-1-2-6-13(11)14/h1-7,12H,8-10,17H2,(H,18,19). The van der Waals surface area contributed by atoms with Crippen molar-refractivity contribution < 1.29 is 14.6 Å². The first-order valence-corrected chi connectivity index (χ1v) is 6.74. The summed E-state index contributed by atoms with van der Waals surface area (Å²) >= 11 is 0. The molecule has 2 aromatic carbocycles. The molecule has 1 aliphatic carbocycles. The van der Waals surface area contributed by atoms with Crippen LogP contribution in [0, 0.1) is 5.92 Å². The van der Waals surface area contributed by atoms with Crippen molar-refractivity contribution >= 4 is 16.7 Å². The number of hydrogen-bond acceptors (Lipinski definition) is 3. The van der Waals surface area contributed by atoms with E-state index < -0.39 is 11.5 Å². The molecular weight excluding hydrogens is 254 g/mol. The topological polar surface area (TPSA) is 72.5 Å². The third-order valence-corrected chi connectivity index (χ3v) is 3.92.